The van der Waals surface area contributed by atoms with E-state index in [1.54, 1.807) is 0 Å². The lowest BCUT2D eigenvalue weighted by Gasteiger charge is -2.23. The van der Waals surface area contributed by atoms with Gasteiger partial charge in [0.1, 0.15) is 11.3 Å². The number of aromatic nitrogens is 2. The van der Waals surface area contributed by atoms with Crippen LogP contribution < -0.4 is 0 Å². The molecule has 0 radical (unpaired) electrons. The van der Waals surface area contributed by atoms with E-state index in [-0.39, 0.29) is 16.2 Å². The smallest absolute Gasteiger partial charge is 0.152 e. The van der Waals surface area contributed by atoms with Gasteiger partial charge < -0.3 is 4.74 Å². The van der Waals surface area contributed by atoms with Crippen molar-refractivity contribution in [3.05, 3.63) is 28.4 Å². The highest BCUT2D eigenvalue weighted by atomic mass is 79.9. The quantitative estimate of drug-likeness (QED) is 0.749. The van der Waals surface area contributed by atoms with Crippen molar-refractivity contribution in [2.75, 3.05) is 6.61 Å². The molecule has 3 rings (SSSR count). The van der Waals surface area contributed by atoms with Gasteiger partial charge >= 0.3 is 0 Å². The fourth-order valence-corrected chi connectivity index (χ4v) is 2.67. The highest BCUT2D eigenvalue weighted by molar-refractivity contribution is 9.10. The lowest BCUT2D eigenvalue weighted by atomic mass is 10.2. The molecule has 1 aliphatic heterocycles. The topological polar surface area (TPSA) is 27.1 Å². The van der Waals surface area contributed by atoms with E-state index in [4.69, 9.17) is 4.74 Å². The Morgan fingerprint density at radius 1 is 1.33 bits per heavy atom. The molecule has 0 amide bonds. The Bertz CT molecular complexity index is 593. The highest BCUT2D eigenvalue weighted by Crippen LogP contribution is 2.32. The third-order valence-electron chi connectivity index (χ3n) is 3.15. The fourth-order valence-electron chi connectivity index (χ4n) is 2.27. The SMILES string of the molecule is Fc1cc(F)c2c(cnn2C2CCCCO2)c1Br. The van der Waals surface area contributed by atoms with Crippen molar-refractivity contribution in [1.29, 1.82) is 0 Å². The van der Waals surface area contributed by atoms with Gasteiger partial charge in [0, 0.05) is 18.1 Å². The predicted molar refractivity (Wildman–Crippen MR) is 66.2 cm³/mol. The van der Waals surface area contributed by atoms with E-state index in [0.717, 1.165) is 25.3 Å². The lowest BCUT2D eigenvalue weighted by Crippen LogP contribution is -2.19. The molecule has 0 aliphatic carbocycles. The molecule has 18 heavy (non-hydrogen) atoms. The zero-order valence-electron chi connectivity index (χ0n) is 9.50. The summed E-state index contributed by atoms with van der Waals surface area (Å²) in [6.07, 6.45) is 4.03. The zero-order valence-corrected chi connectivity index (χ0v) is 11.1. The number of fused-ring (bicyclic) bond motifs is 1. The number of hydrogen-bond acceptors (Lipinski definition) is 2. The minimum atomic E-state index is -0.621. The van der Waals surface area contributed by atoms with Gasteiger partial charge in [-0.05, 0) is 35.2 Å². The Morgan fingerprint density at radius 2 is 2.17 bits per heavy atom. The van der Waals surface area contributed by atoms with E-state index in [2.05, 4.69) is 21.0 Å². The Balaban J connectivity index is 2.16. The first-order valence-corrected chi connectivity index (χ1v) is 6.60. The number of rotatable bonds is 1. The van der Waals surface area contributed by atoms with Gasteiger partial charge in [0.05, 0.1) is 10.7 Å². The van der Waals surface area contributed by atoms with Gasteiger partial charge in [-0.1, -0.05) is 0 Å². The maximum atomic E-state index is 13.9. The average Bonchev–Trinajstić information content (AvgIpc) is 2.82. The van der Waals surface area contributed by atoms with E-state index in [1.165, 1.54) is 10.9 Å². The van der Waals surface area contributed by atoms with Crippen molar-refractivity contribution in [3.63, 3.8) is 0 Å². The van der Waals surface area contributed by atoms with Gasteiger partial charge in [-0.25, -0.2) is 13.5 Å². The second kappa shape index (κ2) is 4.59. The van der Waals surface area contributed by atoms with Crippen LogP contribution in [0.15, 0.2) is 16.7 Å². The molecular formula is C12H11BrF2N2O. The van der Waals surface area contributed by atoms with Crippen LogP contribution in [0.25, 0.3) is 10.9 Å². The van der Waals surface area contributed by atoms with Gasteiger partial charge in [0.2, 0.25) is 0 Å². The summed E-state index contributed by atoms with van der Waals surface area (Å²) in [6, 6.07) is 0.868. The number of halogens is 3. The molecule has 0 spiro atoms. The number of benzene rings is 1. The fraction of sp³-hybridized carbons (Fsp3) is 0.417. The maximum Gasteiger partial charge on any atom is 0.152 e. The molecule has 1 aromatic carbocycles. The lowest BCUT2D eigenvalue weighted by molar-refractivity contribution is -0.0369. The van der Waals surface area contributed by atoms with Gasteiger partial charge in [-0.3, -0.25) is 0 Å². The van der Waals surface area contributed by atoms with Crippen molar-refractivity contribution < 1.29 is 13.5 Å². The molecule has 1 unspecified atom stereocenters. The van der Waals surface area contributed by atoms with Crippen molar-refractivity contribution in [2.45, 2.75) is 25.5 Å². The van der Waals surface area contributed by atoms with E-state index in [0.29, 0.717) is 12.0 Å². The minimum Gasteiger partial charge on any atom is -0.356 e. The summed E-state index contributed by atoms with van der Waals surface area (Å²) >= 11 is 3.12. The van der Waals surface area contributed by atoms with Crippen LogP contribution in [0.1, 0.15) is 25.5 Å². The van der Waals surface area contributed by atoms with E-state index in [9.17, 15) is 8.78 Å². The summed E-state index contributed by atoms with van der Waals surface area (Å²) in [5, 5.41) is 4.57. The molecule has 6 heteroatoms. The minimum absolute atomic E-state index is 0.237. The van der Waals surface area contributed by atoms with Crippen molar-refractivity contribution >= 4 is 26.8 Å². The predicted octanol–water partition coefficient (Wildman–Crippen LogP) is 3.78. The first kappa shape index (κ1) is 12.0. The normalized spacial score (nSPS) is 20.5. The Morgan fingerprint density at radius 3 is 2.89 bits per heavy atom. The summed E-state index contributed by atoms with van der Waals surface area (Å²) in [7, 11) is 0. The van der Waals surface area contributed by atoms with Crippen LogP contribution in [-0.4, -0.2) is 16.4 Å². The van der Waals surface area contributed by atoms with E-state index in [1.807, 2.05) is 0 Å². The summed E-state index contributed by atoms with van der Waals surface area (Å²) in [5.74, 6) is -1.23. The van der Waals surface area contributed by atoms with Crippen molar-refractivity contribution in [1.82, 2.24) is 9.78 Å². The Labute approximate surface area is 111 Å². The molecular weight excluding hydrogens is 306 g/mol. The Kier molecular flexibility index (Phi) is 3.07. The van der Waals surface area contributed by atoms with E-state index >= 15 is 0 Å². The van der Waals surface area contributed by atoms with E-state index < -0.39 is 11.6 Å². The van der Waals surface area contributed by atoms with Gasteiger partial charge in [-0.15, -0.1) is 0 Å². The molecule has 0 saturated carbocycles. The molecule has 0 N–H and O–H groups in total. The third kappa shape index (κ3) is 1.83. The Hall–Kier alpha value is -1.01. The number of hydrogen-bond donors (Lipinski definition) is 0. The van der Waals surface area contributed by atoms with Crippen LogP contribution in [0, 0.1) is 11.6 Å². The second-order valence-corrected chi connectivity index (χ2v) is 5.12. The highest BCUT2D eigenvalue weighted by Gasteiger charge is 2.22. The van der Waals surface area contributed by atoms with Crippen LogP contribution in [0.5, 0.6) is 0 Å². The molecule has 2 heterocycles. The molecule has 1 aliphatic rings. The van der Waals surface area contributed by atoms with Crippen LogP contribution in [0.2, 0.25) is 0 Å². The van der Waals surface area contributed by atoms with Crippen molar-refractivity contribution in [3.8, 4) is 0 Å². The summed E-state index contributed by atoms with van der Waals surface area (Å²) < 4.78 is 34.6. The monoisotopic (exact) mass is 316 g/mol. The molecule has 3 nitrogen and oxygen atoms in total. The summed E-state index contributed by atoms with van der Waals surface area (Å²) in [5.41, 5.74) is 0.287. The van der Waals surface area contributed by atoms with Gasteiger partial charge in [0.25, 0.3) is 0 Å². The van der Waals surface area contributed by atoms with Crippen molar-refractivity contribution in [2.24, 2.45) is 0 Å². The summed E-state index contributed by atoms with van der Waals surface area (Å²) in [4.78, 5) is 0. The van der Waals surface area contributed by atoms with Gasteiger partial charge in [-0.2, -0.15) is 5.10 Å². The van der Waals surface area contributed by atoms with Crippen LogP contribution in [0.3, 0.4) is 0 Å². The number of ether oxygens (including phenoxy) is 1. The maximum absolute atomic E-state index is 13.9. The largest absolute Gasteiger partial charge is 0.356 e. The average molecular weight is 317 g/mol. The van der Waals surface area contributed by atoms with Crippen LogP contribution in [-0.2, 0) is 4.74 Å². The molecule has 96 valence electrons. The zero-order chi connectivity index (χ0) is 12.7. The van der Waals surface area contributed by atoms with Crippen LogP contribution >= 0.6 is 15.9 Å². The molecule has 0 bridgehead atoms. The molecule has 1 saturated heterocycles. The first-order chi connectivity index (χ1) is 8.68. The summed E-state index contributed by atoms with van der Waals surface area (Å²) in [6.45, 7) is 0.649. The molecule has 1 fully saturated rings. The second-order valence-electron chi connectivity index (χ2n) is 4.33. The number of nitrogens with zero attached hydrogens (tertiary/aromatic N) is 2. The first-order valence-electron chi connectivity index (χ1n) is 5.81. The molecule has 2 aromatic rings. The third-order valence-corrected chi connectivity index (χ3v) is 3.96. The molecule has 1 atom stereocenters. The van der Waals surface area contributed by atoms with Gasteiger partial charge in [0.15, 0.2) is 12.0 Å². The standard InChI is InChI=1S/C12H11BrF2N2O/c13-11-7-6-16-17(10-3-1-2-4-18-10)12(7)9(15)5-8(11)14/h5-6,10H,1-4H2. The van der Waals surface area contributed by atoms with Crippen LogP contribution in [0.4, 0.5) is 8.78 Å². The molecule has 1 aromatic heterocycles.